The van der Waals surface area contributed by atoms with E-state index in [1.165, 1.54) is 6.07 Å². The zero-order valence-corrected chi connectivity index (χ0v) is 15.0. The second kappa shape index (κ2) is 5.82. The van der Waals surface area contributed by atoms with E-state index < -0.39 is 16.8 Å². The molecular weight excluding hydrogens is 367 g/mol. The quantitative estimate of drug-likeness (QED) is 0.712. The molecule has 132 valence electrons. The lowest BCUT2D eigenvalue weighted by Crippen LogP contribution is -2.27. The maximum Gasteiger partial charge on any atom is 0.271 e. The number of H-pyrrole nitrogens is 1. The minimum atomic E-state index is -0.572. The van der Waals surface area contributed by atoms with E-state index in [4.69, 9.17) is 17.3 Å². The van der Waals surface area contributed by atoms with Crippen molar-refractivity contribution in [1.82, 2.24) is 8.94 Å². The standard InChI is InChI=1S/C16H16ClFN4O2S/c1-2-22-12-8(14(23)10-15(24)20-25-16(10)22)5-9(18)13(11(12)17)21-4-3-7(19)6-21/h5,7H,2-4,6,19H2,1H3,(H,20,24). The molecule has 0 bridgehead atoms. The molecule has 3 aromatic rings. The number of halogens is 2. The van der Waals surface area contributed by atoms with Crippen molar-refractivity contribution >= 4 is 49.9 Å². The Morgan fingerprint density at radius 3 is 2.88 bits per heavy atom. The summed E-state index contributed by atoms with van der Waals surface area (Å²) in [6.07, 6.45) is 0.757. The van der Waals surface area contributed by atoms with Gasteiger partial charge in [0.25, 0.3) is 5.56 Å². The maximum atomic E-state index is 14.8. The molecule has 1 aliphatic heterocycles. The number of fused-ring (bicyclic) bond motifs is 2. The smallest absolute Gasteiger partial charge is 0.271 e. The average Bonchev–Trinajstić information content (AvgIpc) is 3.15. The Morgan fingerprint density at radius 2 is 2.24 bits per heavy atom. The van der Waals surface area contributed by atoms with Gasteiger partial charge in [0.15, 0.2) is 0 Å². The van der Waals surface area contributed by atoms with Crippen LogP contribution in [-0.4, -0.2) is 28.1 Å². The largest absolute Gasteiger partial charge is 0.366 e. The van der Waals surface area contributed by atoms with E-state index >= 15 is 0 Å². The van der Waals surface area contributed by atoms with Gasteiger partial charge in [0.2, 0.25) is 5.43 Å². The fraction of sp³-hybridized carbons (Fsp3) is 0.375. The average molecular weight is 383 g/mol. The van der Waals surface area contributed by atoms with Crippen molar-refractivity contribution in [3.63, 3.8) is 0 Å². The maximum absolute atomic E-state index is 14.8. The van der Waals surface area contributed by atoms with E-state index in [1.54, 1.807) is 4.57 Å². The van der Waals surface area contributed by atoms with Gasteiger partial charge in [0, 0.05) is 25.7 Å². The summed E-state index contributed by atoms with van der Waals surface area (Å²) in [5, 5.41) is 0.351. The number of nitrogens with zero attached hydrogens (tertiary/aromatic N) is 2. The van der Waals surface area contributed by atoms with E-state index in [0.29, 0.717) is 30.0 Å². The first-order valence-corrected chi connectivity index (χ1v) is 9.19. The number of benzene rings is 1. The summed E-state index contributed by atoms with van der Waals surface area (Å²) in [5.41, 5.74) is 5.70. The van der Waals surface area contributed by atoms with Gasteiger partial charge in [0.1, 0.15) is 16.0 Å². The highest BCUT2D eigenvalue weighted by molar-refractivity contribution is 7.12. The molecule has 1 fully saturated rings. The number of hydrogen-bond acceptors (Lipinski definition) is 5. The van der Waals surface area contributed by atoms with Crippen LogP contribution in [0.15, 0.2) is 15.7 Å². The zero-order valence-electron chi connectivity index (χ0n) is 13.4. The van der Waals surface area contributed by atoms with Gasteiger partial charge in [-0.3, -0.25) is 14.0 Å². The third-order valence-electron chi connectivity index (χ3n) is 4.69. The van der Waals surface area contributed by atoms with Crippen LogP contribution in [0.3, 0.4) is 0 Å². The molecule has 9 heteroatoms. The lowest BCUT2D eigenvalue weighted by Gasteiger charge is -2.22. The van der Waals surface area contributed by atoms with Gasteiger partial charge < -0.3 is 15.2 Å². The molecule has 0 amide bonds. The molecule has 1 aliphatic rings. The minimum Gasteiger partial charge on any atom is -0.366 e. The van der Waals surface area contributed by atoms with Gasteiger partial charge in [0.05, 0.1) is 21.6 Å². The molecule has 25 heavy (non-hydrogen) atoms. The summed E-state index contributed by atoms with van der Waals surface area (Å²) in [6, 6.07) is 1.16. The number of hydrogen-bond donors (Lipinski definition) is 2. The monoisotopic (exact) mass is 382 g/mol. The van der Waals surface area contributed by atoms with Crippen LogP contribution in [0.1, 0.15) is 13.3 Å². The van der Waals surface area contributed by atoms with Crippen molar-refractivity contribution in [2.75, 3.05) is 18.0 Å². The molecule has 6 nitrogen and oxygen atoms in total. The molecule has 4 rings (SSSR count). The number of nitrogens with one attached hydrogen (secondary N) is 1. The van der Waals surface area contributed by atoms with E-state index in [1.807, 2.05) is 11.8 Å². The van der Waals surface area contributed by atoms with Crippen molar-refractivity contribution in [2.45, 2.75) is 25.9 Å². The van der Waals surface area contributed by atoms with Crippen LogP contribution < -0.4 is 21.6 Å². The molecule has 3 heterocycles. The Hall–Kier alpha value is -1.90. The molecule has 1 saturated heterocycles. The Kier molecular flexibility index (Phi) is 3.86. The third kappa shape index (κ3) is 2.32. The number of pyridine rings is 1. The first kappa shape index (κ1) is 16.6. The SMILES string of the molecule is CCn1c2s[nH]c(=O)c2c(=O)c2cc(F)c(N3CCC(N)C3)c(Cl)c21. The Bertz CT molecular complexity index is 1120. The van der Waals surface area contributed by atoms with Crippen molar-refractivity contribution in [2.24, 2.45) is 5.73 Å². The molecule has 0 aliphatic carbocycles. The molecule has 3 N–H and O–H groups in total. The van der Waals surface area contributed by atoms with Crippen LogP contribution in [-0.2, 0) is 6.54 Å². The number of anilines is 1. The Labute approximate surface area is 150 Å². The Balaban J connectivity index is 2.15. The van der Waals surface area contributed by atoms with E-state index in [-0.39, 0.29) is 27.5 Å². The van der Waals surface area contributed by atoms with E-state index in [2.05, 4.69) is 4.37 Å². The molecule has 0 saturated carbocycles. The fourth-order valence-electron chi connectivity index (χ4n) is 3.54. The summed E-state index contributed by atoms with van der Waals surface area (Å²) >= 11 is 7.66. The van der Waals surface area contributed by atoms with Gasteiger partial charge in [-0.05, 0) is 30.9 Å². The first-order valence-electron chi connectivity index (χ1n) is 8.00. The molecule has 0 radical (unpaired) electrons. The lowest BCUT2D eigenvalue weighted by molar-refractivity contribution is 0.624. The van der Waals surface area contributed by atoms with Crippen LogP contribution in [0, 0.1) is 5.82 Å². The van der Waals surface area contributed by atoms with Crippen molar-refractivity contribution in [3.8, 4) is 0 Å². The number of aromatic amines is 1. The topological polar surface area (TPSA) is 84.1 Å². The normalized spacial score (nSPS) is 17.9. The van der Waals surface area contributed by atoms with E-state index in [0.717, 1.165) is 18.0 Å². The molecule has 0 spiro atoms. The lowest BCUT2D eigenvalue weighted by atomic mass is 10.1. The number of nitrogens with two attached hydrogens (primary N) is 1. The molecular formula is C16H16ClFN4O2S. The van der Waals surface area contributed by atoms with Gasteiger partial charge >= 0.3 is 0 Å². The van der Waals surface area contributed by atoms with Gasteiger partial charge in [-0.1, -0.05) is 11.6 Å². The third-order valence-corrected chi connectivity index (χ3v) is 5.96. The zero-order chi connectivity index (χ0) is 17.9. The molecule has 1 unspecified atom stereocenters. The summed E-state index contributed by atoms with van der Waals surface area (Å²) in [7, 11) is 0. The predicted molar refractivity (Wildman–Crippen MR) is 99.7 cm³/mol. The highest BCUT2D eigenvalue weighted by Gasteiger charge is 2.27. The van der Waals surface area contributed by atoms with Crippen molar-refractivity contribution < 1.29 is 4.39 Å². The Morgan fingerprint density at radius 1 is 1.48 bits per heavy atom. The summed E-state index contributed by atoms with van der Waals surface area (Å²) in [6.45, 7) is 3.50. The first-order chi connectivity index (χ1) is 11.9. The van der Waals surface area contributed by atoms with Crippen LogP contribution in [0.25, 0.3) is 21.1 Å². The van der Waals surface area contributed by atoms with Gasteiger partial charge in [-0.2, -0.15) is 0 Å². The number of aromatic nitrogens is 2. The highest BCUT2D eigenvalue weighted by Crippen LogP contribution is 2.38. The predicted octanol–water partition coefficient (Wildman–Crippen LogP) is 2.25. The second-order valence-electron chi connectivity index (χ2n) is 6.20. The van der Waals surface area contributed by atoms with Crippen LogP contribution in [0.2, 0.25) is 5.02 Å². The highest BCUT2D eigenvalue weighted by atomic mass is 35.5. The fourth-order valence-corrected chi connectivity index (χ4v) is 4.86. The number of aryl methyl sites for hydroxylation is 1. The van der Waals surface area contributed by atoms with Crippen LogP contribution >= 0.6 is 23.1 Å². The van der Waals surface area contributed by atoms with Gasteiger partial charge in [-0.25, -0.2) is 4.39 Å². The van der Waals surface area contributed by atoms with Crippen LogP contribution in [0.5, 0.6) is 0 Å². The van der Waals surface area contributed by atoms with Gasteiger partial charge in [-0.15, -0.1) is 0 Å². The molecule has 1 atom stereocenters. The van der Waals surface area contributed by atoms with Crippen molar-refractivity contribution in [1.29, 1.82) is 0 Å². The second-order valence-corrected chi connectivity index (χ2v) is 7.37. The van der Waals surface area contributed by atoms with Crippen LogP contribution in [0.4, 0.5) is 10.1 Å². The van der Waals surface area contributed by atoms with E-state index in [9.17, 15) is 14.0 Å². The minimum absolute atomic E-state index is 0.0306. The summed E-state index contributed by atoms with van der Waals surface area (Å²) < 4.78 is 19.2. The summed E-state index contributed by atoms with van der Waals surface area (Å²) in [5.74, 6) is -0.572. The number of rotatable bonds is 2. The molecule has 1 aromatic carbocycles. The summed E-state index contributed by atoms with van der Waals surface area (Å²) in [4.78, 5) is 27.1. The molecule has 2 aromatic heterocycles. The van der Waals surface area contributed by atoms with Crippen molar-refractivity contribution in [3.05, 3.63) is 37.5 Å².